The first-order chi connectivity index (χ1) is 19.5. The fourth-order valence-corrected chi connectivity index (χ4v) is 6.15. The minimum atomic E-state index is 0.519. The molecule has 190 valence electrons. The highest BCUT2D eigenvalue weighted by molar-refractivity contribution is 6.16. The summed E-state index contributed by atoms with van der Waals surface area (Å²) in [7, 11) is 0. The zero-order chi connectivity index (χ0) is 27.4. The minimum Gasteiger partial charge on any atom is -0.397 e. The molecule has 2 heteroatoms. The lowest BCUT2D eigenvalue weighted by Crippen LogP contribution is -2.05. The Kier molecular flexibility index (Phi) is 5.43. The molecule has 0 aliphatic carbocycles. The van der Waals surface area contributed by atoms with Crippen molar-refractivity contribution >= 4 is 65.6 Å². The average molecular weight is 513 g/mol. The van der Waals surface area contributed by atoms with E-state index in [1.165, 1.54) is 10.8 Å². The van der Waals surface area contributed by atoms with Crippen LogP contribution in [0.3, 0.4) is 0 Å². The van der Waals surface area contributed by atoms with Crippen molar-refractivity contribution in [3.05, 3.63) is 157 Å². The SMILES string of the molecule is C=C(c1ccc(N)c(N)c1C(=C)c1c2ccccc2cc2ccccc12)c1c2ccccc2cc2ccccc12. The van der Waals surface area contributed by atoms with Gasteiger partial charge in [0.25, 0.3) is 0 Å². The third kappa shape index (κ3) is 3.58. The van der Waals surface area contributed by atoms with Gasteiger partial charge in [-0.1, -0.05) is 116 Å². The van der Waals surface area contributed by atoms with E-state index in [0.29, 0.717) is 11.4 Å². The molecule has 0 bridgehead atoms. The molecule has 4 N–H and O–H groups in total. The largest absolute Gasteiger partial charge is 0.397 e. The third-order valence-corrected chi connectivity index (χ3v) is 8.05. The molecule has 0 radical (unpaired) electrons. The van der Waals surface area contributed by atoms with Crippen molar-refractivity contribution in [3.63, 3.8) is 0 Å². The lowest BCUT2D eigenvalue weighted by Gasteiger charge is -2.22. The number of hydrogen-bond donors (Lipinski definition) is 2. The summed E-state index contributed by atoms with van der Waals surface area (Å²) >= 11 is 0. The van der Waals surface area contributed by atoms with Crippen LogP contribution in [0.4, 0.5) is 11.4 Å². The number of rotatable bonds is 4. The Morgan fingerprint density at radius 3 is 1.23 bits per heavy atom. The maximum absolute atomic E-state index is 6.82. The predicted octanol–water partition coefficient (Wildman–Crippen LogP) is 9.59. The summed E-state index contributed by atoms with van der Waals surface area (Å²) in [5.41, 5.74) is 19.9. The molecule has 40 heavy (non-hydrogen) atoms. The summed E-state index contributed by atoms with van der Waals surface area (Å²) < 4.78 is 0. The molecule has 0 amide bonds. The van der Waals surface area contributed by atoms with Gasteiger partial charge in [-0.05, 0) is 89.1 Å². The van der Waals surface area contributed by atoms with Crippen molar-refractivity contribution in [3.8, 4) is 0 Å². The molecule has 0 saturated carbocycles. The van der Waals surface area contributed by atoms with E-state index in [2.05, 4.69) is 116 Å². The topological polar surface area (TPSA) is 52.0 Å². The zero-order valence-corrected chi connectivity index (χ0v) is 22.1. The molecule has 2 nitrogen and oxygen atoms in total. The van der Waals surface area contributed by atoms with Gasteiger partial charge in [0.1, 0.15) is 0 Å². The van der Waals surface area contributed by atoms with Crippen LogP contribution in [0.15, 0.2) is 134 Å². The molecule has 7 aromatic carbocycles. The molecular weight excluding hydrogens is 484 g/mol. The molecule has 0 spiro atoms. The second-order valence-electron chi connectivity index (χ2n) is 10.3. The van der Waals surface area contributed by atoms with Crippen LogP contribution in [0.2, 0.25) is 0 Å². The molecule has 0 atom stereocenters. The first kappa shape index (κ1) is 23.8. The summed E-state index contributed by atoms with van der Waals surface area (Å²) in [6.07, 6.45) is 0. The van der Waals surface area contributed by atoms with Crippen LogP contribution in [-0.2, 0) is 0 Å². The van der Waals surface area contributed by atoms with Crippen LogP contribution in [0.1, 0.15) is 22.3 Å². The molecule has 7 aromatic rings. The standard InChI is InChI=1S/C38H28N2/c1-23(35-30-15-7-3-11-25(30)21-26-12-4-8-16-31(26)35)29-19-20-34(39)38(40)37(29)24(2)36-32-17-9-5-13-27(32)22-28-14-6-10-18-33(28)36/h3-22H,1-2,39-40H2. The van der Waals surface area contributed by atoms with Crippen molar-refractivity contribution in [2.45, 2.75) is 0 Å². The van der Waals surface area contributed by atoms with Gasteiger partial charge in [-0.2, -0.15) is 0 Å². The van der Waals surface area contributed by atoms with Gasteiger partial charge in [0.05, 0.1) is 11.4 Å². The van der Waals surface area contributed by atoms with Gasteiger partial charge in [0.2, 0.25) is 0 Å². The van der Waals surface area contributed by atoms with E-state index in [0.717, 1.165) is 65.7 Å². The fraction of sp³-hybridized carbons (Fsp3) is 0. The molecule has 0 unspecified atom stereocenters. The summed E-state index contributed by atoms with van der Waals surface area (Å²) in [6, 6.07) is 42.2. The van der Waals surface area contributed by atoms with Crippen molar-refractivity contribution < 1.29 is 0 Å². The number of nitrogen functional groups attached to an aromatic ring is 2. The van der Waals surface area contributed by atoms with Gasteiger partial charge in [-0.3, -0.25) is 0 Å². The molecule has 0 aliphatic rings. The van der Waals surface area contributed by atoms with Crippen LogP contribution < -0.4 is 11.5 Å². The van der Waals surface area contributed by atoms with E-state index in [1.54, 1.807) is 0 Å². The van der Waals surface area contributed by atoms with Crippen LogP contribution >= 0.6 is 0 Å². The number of benzene rings is 7. The lowest BCUT2D eigenvalue weighted by molar-refractivity contribution is 1.52. The highest BCUT2D eigenvalue weighted by atomic mass is 14.7. The number of anilines is 2. The molecule has 0 aliphatic heterocycles. The quantitative estimate of drug-likeness (QED) is 0.182. The predicted molar refractivity (Wildman–Crippen MR) is 174 cm³/mol. The van der Waals surface area contributed by atoms with E-state index < -0.39 is 0 Å². The highest BCUT2D eigenvalue weighted by Gasteiger charge is 2.22. The Morgan fingerprint density at radius 2 is 0.800 bits per heavy atom. The van der Waals surface area contributed by atoms with Gasteiger partial charge in [-0.25, -0.2) is 0 Å². The van der Waals surface area contributed by atoms with E-state index in [9.17, 15) is 0 Å². The molecule has 0 heterocycles. The normalized spacial score (nSPS) is 11.4. The van der Waals surface area contributed by atoms with E-state index in [-0.39, 0.29) is 0 Å². The van der Waals surface area contributed by atoms with Gasteiger partial charge >= 0.3 is 0 Å². The molecule has 7 rings (SSSR count). The van der Waals surface area contributed by atoms with Crippen LogP contribution in [0, 0.1) is 0 Å². The van der Waals surface area contributed by atoms with Gasteiger partial charge in [0, 0.05) is 5.56 Å². The lowest BCUT2D eigenvalue weighted by atomic mass is 9.82. The highest BCUT2D eigenvalue weighted by Crippen LogP contribution is 2.44. The second-order valence-corrected chi connectivity index (χ2v) is 10.3. The molecule has 0 aromatic heterocycles. The Bertz CT molecular complexity index is 2060. The van der Waals surface area contributed by atoms with Crippen molar-refractivity contribution in [2.75, 3.05) is 11.5 Å². The average Bonchev–Trinajstić information content (AvgIpc) is 2.99. The summed E-state index contributed by atoms with van der Waals surface area (Å²) in [5, 5.41) is 9.19. The smallest absolute Gasteiger partial charge is 0.0633 e. The molecular formula is C38H28N2. The number of fused-ring (bicyclic) bond motifs is 4. The maximum Gasteiger partial charge on any atom is 0.0633 e. The van der Waals surface area contributed by atoms with Crippen LogP contribution in [-0.4, -0.2) is 0 Å². The monoisotopic (exact) mass is 512 g/mol. The van der Waals surface area contributed by atoms with Crippen LogP contribution in [0.25, 0.3) is 54.2 Å². The third-order valence-electron chi connectivity index (χ3n) is 8.05. The Morgan fingerprint density at radius 1 is 0.425 bits per heavy atom. The Labute approximate surface area is 233 Å². The van der Waals surface area contributed by atoms with Gasteiger partial charge in [-0.15, -0.1) is 0 Å². The van der Waals surface area contributed by atoms with Gasteiger partial charge < -0.3 is 11.5 Å². The van der Waals surface area contributed by atoms with Crippen molar-refractivity contribution in [1.29, 1.82) is 0 Å². The van der Waals surface area contributed by atoms with E-state index in [4.69, 9.17) is 18.0 Å². The van der Waals surface area contributed by atoms with E-state index >= 15 is 0 Å². The summed E-state index contributed by atoms with van der Waals surface area (Å²) in [4.78, 5) is 0. The second kappa shape index (κ2) is 9.14. The Hall–Kier alpha value is -5.34. The first-order valence-electron chi connectivity index (χ1n) is 13.4. The number of nitrogens with two attached hydrogens (primary N) is 2. The molecule has 0 saturated heterocycles. The molecule has 0 fully saturated rings. The maximum atomic E-state index is 6.82. The van der Waals surface area contributed by atoms with E-state index in [1.807, 2.05) is 12.1 Å². The van der Waals surface area contributed by atoms with Gasteiger partial charge in [0.15, 0.2) is 0 Å². The minimum absolute atomic E-state index is 0.519. The fourth-order valence-electron chi connectivity index (χ4n) is 6.15. The van der Waals surface area contributed by atoms with Crippen molar-refractivity contribution in [1.82, 2.24) is 0 Å². The summed E-state index contributed by atoms with van der Waals surface area (Å²) in [5.74, 6) is 0. The first-order valence-corrected chi connectivity index (χ1v) is 13.4. The zero-order valence-electron chi connectivity index (χ0n) is 22.1. The van der Waals surface area contributed by atoms with Crippen LogP contribution in [0.5, 0.6) is 0 Å². The Balaban J connectivity index is 1.54. The number of hydrogen-bond acceptors (Lipinski definition) is 2. The van der Waals surface area contributed by atoms with Crippen molar-refractivity contribution in [2.24, 2.45) is 0 Å². The summed E-state index contributed by atoms with van der Waals surface area (Å²) in [6.45, 7) is 9.37.